The number of likely N-dealkylation sites (tertiary alicyclic amines) is 1. The molecular formula is C12H22N2O3. The van der Waals surface area contributed by atoms with Crippen molar-refractivity contribution in [3.63, 3.8) is 0 Å². The normalized spacial score (nSPS) is 33.4. The molecule has 1 amide bonds. The summed E-state index contributed by atoms with van der Waals surface area (Å²) in [6, 6.07) is 0. The summed E-state index contributed by atoms with van der Waals surface area (Å²) in [7, 11) is 0. The summed E-state index contributed by atoms with van der Waals surface area (Å²) in [5.41, 5.74) is -0.636. The lowest BCUT2D eigenvalue weighted by molar-refractivity contribution is 0.0268. The zero-order valence-corrected chi connectivity index (χ0v) is 10.8. The van der Waals surface area contributed by atoms with E-state index in [0.29, 0.717) is 13.1 Å². The number of aliphatic hydroxyl groups is 1. The molecule has 2 N–H and O–H groups in total. The zero-order chi connectivity index (χ0) is 12.7. The third kappa shape index (κ3) is 2.55. The highest BCUT2D eigenvalue weighted by Crippen LogP contribution is 2.36. The van der Waals surface area contributed by atoms with E-state index in [4.69, 9.17) is 4.74 Å². The Hall–Kier alpha value is -0.810. The molecule has 2 atom stereocenters. The maximum atomic E-state index is 11.9. The van der Waals surface area contributed by atoms with Gasteiger partial charge in [-0.25, -0.2) is 4.79 Å². The minimum atomic E-state index is -0.480. The highest BCUT2D eigenvalue weighted by atomic mass is 16.6. The second kappa shape index (κ2) is 4.14. The standard InChI is InChI=1S/C12H22N2O3/c1-11(2,3)17-10(16)14-6-9(15)12(8-14)4-5-13-7-12/h9,13,15H,4-8H2,1-3H3. The summed E-state index contributed by atoms with van der Waals surface area (Å²) in [4.78, 5) is 13.5. The lowest BCUT2D eigenvalue weighted by Gasteiger charge is -2.26. The molecule has 2 heterocycles. The fourth-order valence-electron chi connectivity index (χ4n) is 2.60. The molecule has 0 saturated carbocycles. The van der Waals surface area contributed by atoms with Gasteiger partial charge in [-0.3, -0.25) is 0 Å². The van der Waals surface area contributed by atoms with Gasteiger partial charge in [-0.15, -0.1) is 0 Å². The van der Waals surface area contributed by atoms with Gasteiger partial charge in [0.15, 0.2) is 0 Å². The molecule has 0 bridgehead atoms. The average Bonchev–Trinajstić information content (AvgIpc) is 2.74. The van der Waals surface area contributed by atoms with Crippen LogP contribution in [-0.4, -0.2) is 54.0 Å². The van der Waals surface area contributed by atoms with Crippen molar-refractivity contribution in [1.29, 1.82) is 0 Å². The van der Waals surface area contributed by atoms with E-state index in [1.54, 1.807) is 4.90 Å². The highest BCUT2D eigenvalue weighted by molar-refractivity contribution is 5.68. The maximum Gasteiger partial charge on any atom is 0.410 e. The number of hydrogen-bond acceptors (Lipinski definition) is 4. The van der Waals surface area contributed by atoms with Gasteiger partial charge in [0.2, 0.25) is 0 Å². The van der Waals surface area contributed by atoms with Crippen LogP contribution < -0.4 is 5.32 Å². The van der Waals surface area contributed by atoms with E-state index in [2.05, 4.69) is 5.32 Å². The van der Waals surface area contributed by atoms with Gasteiger partial charge in [0, 0.05) is 18.5 Å². The maximum absolute atomic E-state index is 11.9. The lowest BCUT2D eigenvalue weighted by Crippen LogP contribution is -2.38. The van der Waals surface area contributed by atoms with Gasteiger partial charge in [-0.1, -0.05) is 0 Å². The van der Waals surface area contributed by atoms with Gasteiger partial charge in [-0.05, 0) is 33.7 Å². The fraction of sp³-hybridized carbons (Fsp3) is 0.917. The highest BCUT2D eigenvalue weighted by Gasteiger charge is 2.49. The lowest BCUT2D eigenvalue weighted by atomic mass is 9.84. The number of carbonyl (C=O) groups excluding carboxylic acids is 1. The van der Waals surface area contributed by atoms with Gasteiger partial charge >= 0.3 is 6.09 Å². The minimum Gasteiger partial charge on any atom is -0.444 e. The Morgan fingerprint density at radius 2 is 2.24 bits per heavy atom. The summed E-state index contributed by atoms with van der Waals surface area (Å²) in [5, 5.41) is 13.4. The molecule has 2 aliphatic rings. The summed E-state index contributed by atoms with van der Waals surface area (Å²) >= 11 is 0. The first-order valence-electron chi connectivity index (χ1n) is 6.19. The Labute approximate surface area is 102 Å². The van der Waals surface area contributed by atoms with E-state index in [1.165, 1.54) is 0 Å². The van der Waals surface area contributed by atoms with Crippen LogP contribution in [0.25, 0.3) is 0 Å². The van der Waals surface area contributed by atoms with Crippen LogP contribution >= 0.6 is 0 Å². The first-order valence-corrected chi connectivity index (χ1v) is 6.19. The van der Waals surface area contributed by atoms with Crippen molar-refractivity contribution < 1.29 is 14.6 Å². The van der Waals surface area contributed by atoms with Gasteiger partial charge in [0.25, 0.3) is 0 Å². The fourth-order valence-corrected chi connectivity index (χ4v) is 2.60. The summed E-state index contributed by atoms with van der Waals surface area (Å²) in [6.07, 6.45) is 0.165. The number of carbonyl (C=O) groups is 1. The van der Waals surface area contributed by atoms with Crippen LogP contribution in [0.2, 0.25) is 0 Å². The van der Waals surface area contributed by atoms with Crippen molar-refractivity contribution >= 4 is 6.09 Å². The van der Waals surface area contributed by atoms with E-state index in [-0.39, 0.29) is 11.5 Å². The zero-order valence-electron chi connectivity index (χ0n) is 10.8. The quantitative estimate of drug-likeness (QED) is 0.652. The van der Waals surface area contributed by atoms with Crippen molar-refractivity contribution in [3.8, 4) is 0 Å². The molecule has 2 unspecified atom stereocenters. The molecule has 2 saturated heterocycles. The molecule has 98 valence electrons. The van der Waals surface area contributed by atoms with E-state index in [0.717, 1.165) is 19.5 Å². The van der Waals surface area contributed by atoms with Crippen LogP contribution in [0, 0.1) is 5.41 Å². The summed E-state index contributed by atoms with van der Waals surface area (Å²) < 4.78 is 5.33. The number of ether oxygens (including phenoxy) is 1. The number of β-amino-alcohol motifs (C(OH)–C–C–N with tert-alkyl or cyclic N) is 1. The number of nitrogens with zero attached hydrogens (tertiary/aromatic N) is 1. The molecule has 0 aromatic heterocycles. The average molecular weight is 242 g/mol. The SMILES string of the molecule is CC(C)(C)OC(=O)N1CC(O)C2(CCNC2)C1. The molecule has 17 heavy (non-hydrogen) atoms. The van der Waals surface area contributed by atoms with Crippen molar-refractivity contribution in [2.24, 2.45) is 5.41 Å². The Balaban J connectivity index is 1.99. The predicted octanol–water partition coefficient (Wildman–Crippen LogP) is 0.578. The Morgan fingerprint density at radius 1 is 1.53 bits per heavy atom. The van der Waals surface area contributed by atoms with Crippen molar-refractivity contribution in [2.75, 3.05) is 26.2 Å². The van der Waals surface area contributed by atoms with Crippen LogP contribution in [0.5, 0.6) is 0 Å². The largest absolute Gasteiger partial charge is 0.444 e. The van der Waals surface area contributed by atoms with E-state index < -0.39 is 11.7 Å². The van der Waals surface area contributed by atoms with Gasteiger partial charge < -0.3 is 20.1 Å². The van der Waals surface area contributed by atoms with Crippen molar-refractivity contribution in [3.05, 3.63) is 0 Å². The predicted molar refractivity (Wildman–Crippen MR) is 63.7 cm³/mol. The molecule has 0 aromatic rings. The van der Waals surface area contributed by atoms with Gasteiger partial charge in [-0.2, -0.15) is 0 Å². The number of amides is 1. The Morgan fingerprint density at radius 3 is 2.76 bits per heavy atom. The first kappa shape index (κ1) is 12.6. The molecule has 5 nitrogen and oxygen atoms in total. The summed E-state index contributed by atoms with van der Waals surface area (Å²) in [5.74, 6) is 0. The molecule has 0 radical (unpaired) electrons. The first-order chi connectivity index (χ1) is 7.82. The number of nitrogens with one attached hydrogen (secondary N) is 1. The van der Waals surface area contributed by atoms with Crippen LogP contribution in [0.4, 0.5) is 4.79 Å². The topological polar surface area (TPSA) is 61.8 Å². The molecular weight excluding hydrogens is 220 g/mol. The van der Waals surface area contributed by atoms with Crippen LogP contribution in [0.15, 0.2) is 0 Å². The van der Waals surface area contributed by atoms with Gasteiger partial charge in [0.05, 0.1) is 12.6 Å². The molecule has 2 fully saturated rings. The van der Waals surface area contributed by atoms with E-state index in [1.807, 2.05) is 20.8 Å². The third-order valence-electron chi connectivity index (χ3n) is 3.53. The second-order valence-electron chi connectivity index (χ2n) is 6.17. The second-order valence-corrected chi connectivity index (χ2v) is 6.17. The number of hydrogen-bond donors (Lipinski definition) is 2. The monoisotopic (exact) mass is 242 g/mol. The molecule has 0 aromatic carbocycles. The van der Waals surface area contributed by atoms with E-state index in [9.17, 15) is 9.90 Å². The van der Waals surface area contributed by atoms with Gasteiger partial charge in [0.1, 0.15) is 5.60 Å². The van der Waals surface area contributed by atoms with Crippen LogP contribution in [0.3, 0.4) is 0 Å². The van der Waals surface area contributed by atoms with E-state index >= 15 is 0 Å². The van der Waals surface area contributed by atoms with Crippen LogP contribution in [0.1, 0.15) is 27.2 Å². The third-order valence-corrected chi connectivity index (χ3v) is 3.53. The molecule has 2 rings (SSSR count). The molecule has 0 aliphatic carbocycles. The summed E-state index contributed by atoms with van der Waals surface area (Å²) in [6.45, 7) is 8.23. The Kier molecular flexibility index (Phi) is 3.08. The number of aliphatic hydroxyl groups excluding tert-OH is 1. The minimum absolute atomic E-state index is 0.156. The van der Waals surface area contributed by atoms with Crippen LogP contribution in [-0.2, 0) is 4.74 Å². The van der Waals surface area contributed by atoms with Crippen molar-refractivity contribution in [1.82, 2.24) is 10.2 Å². The number of rotatable bonds is 0. The molecule has 1 spiro atoms. The smallest absolute Gasteiger partial charge is 0.410 e. The molecule has 5 heteroatoms. The molecule has 2 aliphatic heterocycles. The Bertz CT molecular complexity index is 305. The van der Waals surface area contributed by atoms with Crippen molar-refractivity contribution in [2.45, 2.75) is 38.9 Å².